The predicted molar refractivity (Wildman–Crippen MR) is 402 cm³/mol. The highest BCUT2D eigenvalue weighted by Gasteiger charge is 2.40. The number of hydrogen-bond donors (Lipinski definition) is 17. The molecule has 3 heterocycles. The molecule has 618 valence electrons. The van der Waals surface area contributed by atoms with E-state index in [9.17, 15) is 24.0 Å². The minimum Gasteiger partial charge on any atom is -0.481 e. The van der Waals surface area contributed by atoms with E-state index in [-0.39, 0.29) is 19.8 Å². The van der Waals surface area contributed by atoms with Gasteiger partial charge in [-0.15, -0.1) is 0 Å². The molecule has 3 saturated heterocycles. The van der Waals surface area contributed by atoms with Crippen molar-refractivity contribution in [2.45, 2.75) is 429 Å². The van der Waals surface area contributed by atoms with Crippen LogP contribution >= 0.6 is 0 Å². The van der Waals surface area contributed by atoms with Gasteiger partial charge in [-0.3, -0.25) is 24.0 Å². The molecule has 0 aliphatic carbocycles. The summed E-state index contributed by atoms with van der Waals surface area (Å²) in [6, 6.07) is 0. The van der Waals surface area contributed by atoms with E-state index in [1.165, 1.54) is 225 Å². The molecule has 0 bridgehead atoms. The molecule has 0 spiro atoms. The average molecular weight is 1490 g/mol. The minimum absolute atomic E-state index is 0.00287. The minimum atomic E-state index is -1.12. The molecule has 0 unspecified atom stereocenters. The van der Waals surface area contributed by atoms with Crippen molar-refractivity contribution in [1.29, 1.82) is 0 Å². The second kappa shape index (κ2) is 82.8. The van der Waals surface area contributed by atoms with Gasteiger partial charge in [-0.1, -0.05) is 291 Å². The molecule has 25 heteroatoms. The highest BCUT2D eigenvalue weighted by molar-refractivity contribution is 5.67. The van der Waals surface area contributed by atoms with Crippen LogP contribution in [-0.2, 0) is 38.2 Å². The number of unbranched alkanes of at least 4 members (excludes halogenated alkanes) is 40. The summed E-state index contributed by atoms with van der Waals surface area (Å²) < 4.78 is 14.5. The highest BCUT2D eigenvalue weighted by atomic mass is 16.6. The first-order valence-corrected chi connectivity index (χ1v) is 40.2. The first-order valence-electron chi connectivity index (χ1n) is 40.2. The van der Waals surface area contributed by atoms with Crippen LogP contribution in [-0.4, -0.2) is 230 Å². The SMILES string of the molecule is CCCCCCCCCCCC(=O)O.CCCCCCCCCCCC(=O)O.CCCCCCCCCCCC(=O)O.CCCCCCCCCCCC(=O)O.CCCCCCCCCCCC(=O)O.OC[C@@H](O)[C@H]1OC[C@H](O)[C@H]1O.OC[C@@H](O)[C@H]1OC[C@H](O)[C@H]1O.OC[C@@H](O)[C@H]1OC[C@H](O)[C@H]1O. The molecule has 0 aromatic carbocycles. The molecular formula is C78H156O25. The molecule has 103 heavy (non-hydrogen) atoms. The van der Waals surface area contributed by atoms with E-state index < -0.39 is 123 Å². The average Bonchev–Trinajstić information content (AvgIpc) is 1.75. The maximum atomic E-state index is 10.2. The third kappa shape index (κ3) is 78.2. The number of ether oxygens (including phenoxy) is 3. The topological polar surface area (TPSA) is 457 Å². The molecule has 0 aromatic rings. The van der Waals surface area contributed by atoms with Gasteiger partial charge in [0, 0.05) is 32.1 Å². The Kier molecular flexibility index (Phi) is 87.1. The second-order valence-electron chi connectivity index (χ2n) is 27.7. The van der Waals surface area contributed by atoms with Gasteiger partial charge in [-0.25, -0.2) is 0 Å². The number of hydrogen-bond acceptors (Lipinski definition) is 20. The van der Waals surface area contributed by atoms with E-state index in [0.29, 0.717) is 32.1 Å². The van der Waals surface area contributed by atoms with Crippen molar-refractivity contribution in [2.24, 2.45) is 0 Å². The van der Waals surface area contributed by atoms with E-state index in [2.05, 4.69) is 34.6 Å². The summed E-state index contributed by atoms with van der Waals surface area (Å²) in [5, 5.41) is 149. The molecule has 3 fully saturated rings. The normalized spacial score (nSPS) is 20.1. The quantitative estimate of drug-likeness (QED) is 0.0251. The molecule has 3 rings (SSSR count). The van der Waals surface area contributed by atoms with Gasteiger partial charge in [0.2, 0.25) is 0 Å². The van der Waals surface area contributed by atoms with E-state index in [1.807, 2.05) is 0 Å². The Hall–Kier alpha value is -3.25. The Labute approximate surface area is 621 Å². The summed E-state index contributed by atoms with van der Waals surface area (Å²) in [6.07, 6.45) is 45.3. The fraction of sp³-hybridized carbons (Fsp3) is 0.936. The number of rotatable bonds is 56. The summed E-state index contributed by atoms with van der Waals surface area (Å²) in [7, 11) is 0. The van der Waals surface area contributed by atoms with Crippen LogP contribution in [0.2, 0.25) is 0 Å². The standard InChI is InChI=1S/5C12H24O2.3C6H12O5/c5*1-2-3-4-5-6-7-8-9-10-11-12(13)14;3*7-1-3(8)6-5(10)4(9)2-11-6/h5*2-11H2,1H3,(H,13,14);3*3-10H,1-2H2/t;;;;;3*3-,4+,5-,6-/m.....111/s1. The van der Waals surface area contributed by atoms with E-state index in [4.69, 9.17) is 101 Å². The summed E-state index contributed by atoms with van der Waals surface area (Å²) >= 11 is 0. The Morgan fingerprint density at radius 2 is 0.379 bits per heavy atom. The third-order valence-corrected chi connectivity index (χ3v) is 17.7. The fourth-order valence-corrected chi connectivity index (χ4v) is 11.1. The largest absolute Gasteiger partial charge is 0.481 e. The van der Waals surface area contributed by atoms with Crippen LogP contribution in [0.3, 0.4) is 0 Å². The van der Waals surface area contributed by atoms with Crippen molar-refractivity contribution < 1.29 is 125 Å². The van der Waals surface area contributed by atoms with Gasteiger partial charge in [0.25, 0.3) is 0 Å². The summed E-state index contributed by atoms with van der Waals surface area (Å²) in [5.41, 5.74) is 0. The molecule has 17 N–H and O–H groups in total. The molecule has 3 aliphatic heterocycles. The van der Waals surface area contributed by atoms with Gasteiger partial charge in [0.1, 0.15) is 73.2 Å². The van der Waals surface area contributed by atoms with Gasteiger partial charge in [-0.2, -0.15) is 0 Å². The number of carboxylic acids is 5. The lowest BCUT2D eigenvalue weighted by Gasteiger charge is -2.18. The van der Waals surface area contributed by atoms with Gasteiger partial charge in [0.15, 0.2) is 0 Å². The molecule has 0 aromatic heterocycles. The lowest BCUT2D eigenvalue weighted by atomic mass is 10.1. The second-order valence-corrected chi connectivity index (χ2v) is 27.7. The predicted octanol–water partition coefficient (Wildman–Crippen LogP) is 12.3. The molecule has 0 amide bonds. The highest BCUT2D eigenvalue weighted by Crippen LogP contribution is 2.21. The smallest absolute Gasteiger partial charge is 0.303 e. The third-order valence-electron chi connectivity index (χ3n) is 17.7. The van der Waals surface area contributed by atoms with Gasteiger partial charge in [0.05, 0.1) is 39.6 Å². The van der Waals surface area contributed by atoms with Gasteiger partial charge >= 0.3 is 29.8 Å². The van der Waals surface area contributed by atoms with Gasteiger partial charge in [-0.05, 0) is 32.1 Å². The summed E-state index contributed by atoms with van der Waals surface area (Å²) in [6.45, 7) is 9.72. The van der Waals surface area contributed by atoms with Crippen molar-refractivity contribution in [3.63, 3.8) is 0 Å². The van der Waals surface area contributed by atoms with Crippen LogP contribution in [0.4, 0.5) is 0 Å². The zero-order valence-corrected chi connectivity index (χ0v) is 64.9. The maximum Gasteiger partial charge on any atom is 0.303 e. The van der Waals surface area contributed by atoms with Crippen LogP contribution in [0.5, 0.6) is 0 Å². The molecule has 3 aliphatic rings. The zero-order chi connectivity index (χ0) is 78.5. The number of aliphatic hydroxyl groups is 12. The molecular weight excluding hydrogens is 1340 g/mol. The van der Waals surface area contributed by atoms with Crippen molar-refractivity contribution in [3.05, 3.63) is 0 Å². The van der Waals surface area contributed by atoms with Crippen LogP contribution in [0.15, 0.2) is 0 Å². The molecule has 12 atom stereocenters. The maximum absolute atomic E-state index is 10.2. The number of aliphatic carboxylic acids is 5. The van der Waals surface area contributed by atoms with E-state index in [0.717, 1.165) is 64.2 Å². The fourth-order valence-electron chi connectivity index (χ4n) is 11.1. The van der Waals surface area contributed by atoms with Crippen LogP contribution in [0.25, 0.3) is 0 Å². The Balaban J connectivity index is -0.000000356. The van der Waals surface area contributed by atoms with Crippen LogP contribution in [0, 0.1) is 0 Å². The van der Waals surface area contributed by atoms with Crippen molar-refractivity contribution in [2.75, 3.05) is 39.6 Å². The van der Waals surface area contributed by atoms with Crippen LogP contribution in [0.1, 0.15) is 356 Å². The summed E-state index contributed by atoms with van der Waals surface area (Å²) in [4.78, 5) is 51.0. The Morgan fingerprint density at radius 3 is 0.476 bits per heavy atom. The van der Waals surface area contributed by atoms with Gasteiger partial charge < -0.3 is 101 Å². The van der Waals surface area contributed by atoms with Crippen molar-refractivity contribution in [1.82, 2.24) is 0 Å². The lowest BCUT2D eigenvalue weighted by molar-refractivity contribution is -0.138. The number of carboxylic acid groups (broad SMARTS) is 5. The first-order chi connectivity index (χ1) is 49.3. The Morgan fingerprint density at radius 1 is 0.252 bits per heavy atom. The van der Waals surface area contributed by atoms with Crippen molar-refractivity contribution in [3.8, 4) is 0 Å². The first kappa shape index (κ1) is 108. The number of carbonyl (C=O) groups is 5. The molecule has 25 nitrogen and oxygen atoms in total. The monoisotopic (exact) mass is 1490 g/mol. The number of aliphatic hydroxyl groups excluding tert-OH is 12. The van der Waals surface area contributed by atoms with E-state index >= 15 is 0 Å². The molecule has 0 radical (unpaired) electrons. The van der Waals surface area contributed by atoms with Crippen LogP contribution < -0.4 is 0 Å². The lowest BCUT2D eigenvalue weighted by Crippen LogP contribution is -2.40. The summed E-state index contributed by atoms with van der Waals surface area (Å²) in [5.74, 6) is -3.30. The molecule has 0 saturated carbocycles. The zero-order valence-electron chi connectivity index (χ0n) is 64.9. The van der Waals surface area contributed by atoms with E-state index in [1.54, 1.807) is 0 Å². The van der Waals surface area contributed by atoms with Crippen molar-refractivity contribution >= 4 is 29.8 Å². The Bertz CT molecular complexity index is 1550.